The molecule has 9 amide bonds. The first-order chi connectivity index (χ1) is 47.3. The molecule has 6 aromatic carbocycles. The van der Waals surface area contributed by atoms with Crippen molar-refractivity contribution < 1.29 is 63.0 Å². The largest absolute Gasteiger partial charge is 0.481 e. The molecule has 0 aliphatic carbocycles. The molecule has 0 saturated carbocycles. The number of carboxylic acid groups (broad SMARTS) is 2. The van der Waals surface area contributed by atoms with Gasteiger partial charge in [-0.15, -0.1) is 0 Å². The maximum absolute atomic E-state index is 15.3. The standard InChI is InChI=1S/C76H94N10O13/c1-47(2)39-56(77)67(89)78-57(37-38-65(87)88)68(90)79-58(41-50-25-13-7-14-26-50)69(91)80-59(42-51-27-15-8-16-28-51)70(92)81-60(43-52-29-17-9-18-30-52)71(93)82-61(44-53-31-19-10-20-32-53)72(94)83-62(45-54-33-21-11-22-34-54)73(95)84-63(46-55-35-23-12-24-36-55)74(96)86-66(49(5)6)75(97)85-64(76(98)99)40-48(3)4/h7-36,47-49,56-64,66H,37-46,77H2,1-6H3,(H,78,89)(H,79,90)(H,80,91)(H,81,92)(H,82,93)(H,83,94)(H,84,95)(H,85,97)(H,86,96)(H,87,88)(H,98,99)/t56-,57-,58-,59-,60-,61-,62-,63-,64-,66-/m0/s1. The molecule has 526 valence electrons. The molecule has 6 rings (SSSR count). The average molecular weight is 1360 g/mol. The predicted molar refractivity (Wildman–Crippen MR) is 374 cm³/mol. The van der Waals surface area contributed by atoms with Crippen LogP contribution in [0.25, 0.3) is 0 Å². The molecule has 10 atom stereocenters. The summed E-state index contributed by atoms with van der Waals surface area (Å²) in [7, 11) is 0. The van der Waals surface area contributed by atoms with Crippen molar-refractivity contribution in [3.05, 3.63) is 215 Å². The minimum Gasteiger partial charge on any atom is -0.481 e. The van der Waals surface area contributed by atoms with Crippen LogP contribution in [-0.2, 0) is 91.3 Å². The van der Waals surface area contributed by atoms with Gasteiger partial charge < -0.3 is 63.8 Å². The lowest BCUT2D eigenvalue weighted by Gasteiger charge is -2.29. The third-order valence-electron chi connectivity index (χ3n) is 16.4. The van der Waals surface area contributed by atoms with Crippen molar-refractivity contribution in [2.45, 2.75) is 166 Å². The molecule has 0 aliphatic heterocycles. The Morgan fingerprint density at radius 3 is 0.768 bits per heavy atom. The third kappa shape index (κ3) is 26.8. The summed E-state index contributed by atoms with van der Waals surface area (Å²) in [6.45, 7) is 10.7. The van der Waals surface area contributed by atoms with Gasteiger partial charge >= 0.3 is 11.9 Å². The van der Waals surface area contributed by atoms with E-state index in [1.54, 1.807) is 196 Å². The fourth-order valence-corrected chi connectivity index (χ4v) is 11.2. The van der Waals surface area contributed by atoms with E-state index in [0.29, 0.717) is 33.4 Å². The Hall–Kier alpha value is -10.5. The SMILES string of the molecule is CC(C)C[C@H](NC(=O)[C@@H](NC(=O)[C@H](Cc1ccccc1)NC(=O)[C@H](Cc1ccccc1)NC(=O)[C@H](Cc1ccccc1)NC(=O)[C@H](Cc1ccccc1)NC(=O)[C@H](Cc1ccccc1)NC(=O)[C@H](Cc1ccccc1)NC(=O)[C@H](CCC(=O)O)NC(=O)[C@@H](N)CC(C)C)C(C)C)C(=O)O. The zero-order valence-corrected chi connectivity index (χ0v) is 56.9. The Bertz CT molecular complexity index is 3610. The van der Waals surface area contributed by atoms with Crippen molar-refractivity contribution in [1.29, 1.82) is 0 Å². The lowest BCUT2D eigenvalue weighted by atomic mass is 9.98. The second-order valence-electron chi connectivity index (χ2n) is 26.0. The zero-order chi connectivity index (χ0) is 72.0. The number of carboxylic acids is 2. The van der Waals surface area contributed by atoms with Crippen molar-refractivity contribution in [3.8, 4) is 0 Å². The molecule has 23 nitrogen and oxygen atoms in total. The van der Waals surface area contributed by atoms with Crippen LogP contribution in [-0.4, -0.2) is 136 Å². The van der Waals surface area contributed by atoms with Crippen LogP contribution in [0.4, 0.5) is 0 Å². The van der Waals surface area contributed by atoms with Gasteiger partial charge in [0.1, 0.15) is 54.4 Å². The first kappa shape index (κ1) is 77.5. The minimum atomic E-state index is -1.45. The topological polar surface area (TPSA) is 363 Å². The van der Waals surface area contributed by atoms with E-state index in [1.807, 2.05) is 27.7 Å². The fraction of sp³-hybridized carbons (Fsp3) is 0.382. The predicted octanol–water partition coefficient (Wildman–Crippen LogP) is 4.83. The number of rotatable bonds is 39. The lowest BCUT2D eigenvalue weighted by Crippen LogP contribution is -2.62. The van der Waals surface area contributed by atoms with Gasteiger partial charge in [-0.1, -0.05) is 224 Å². The van der Waals surface area contributed by atoms with Crippen LogP contribution in [0.2, 0.25) is 0 Å². The quantitative estimate of drug-likeness (QED) is 0.0246. The average Bonchev–Trinajstić information content (AvgIpc) is 0.900. The highest BCUT2D eigenvalue weighted by atomic mass is 16.4. The normalized spacial score (nSPS) is 14.2. The fourth-order valence-electron chi connectivity index (χ4n) is 11.2. The maximum Gasteiger partial charge on any atom is 0.326 e. The monoisotopic (exact) mass is 1350 g/mol. The molecular formula is C76H94N10O13. The summed E-state index contributed by atoms with van der Waals surface area (Å²) in [4.78, 5) is 156. The molecule has 0 fully saturated rings. The first-order valence-corrected chi connectivity index (χ1v) is 33.5. The molecule has 0 unspecified atom stereocenters. The van der Waals surface area contributed by atoms with E-state index in [-0.39, 0.29) is 69.6 Å². The molecule has 13 N–H and O–H groups in total. The Kier molecular flexibility index (Phi) is 31.0. The molecule has 99 heavy (non-hydrogen) atoms. The molecule has 0 heterocycles. The second kappa shape index (κ2) is 39.6. The van der Waals surface area contributed by atoms with E-state index in [4.69, 9.17) is 5.73 Å². The van der Waals surface area contributed by atoms with E-state index >= 15 is 19.2 Å². The first-order valence-electron chi connectivity index (χ1n) is 33.5. The summed E-state index contributed by atoms with van der Waals surface area (Å²) in [5.41, 5.74) is 9.79. The van der Waals surface area contributed by atoms with Gasteiger partial charge in [0.05, 0.1) is 6.04 Å². The summed E-state index contributed by atoms with van der Waals surface area (Å²) >= 11 is 0. The van der Waals surface area contributed by atoms with E-state index in [1.165, 1.54) is 0 Å². The number of benzene rings is 6. The molecule has 0 spiro atoms. The van der Waals surface area contributed by atoms with Crippen LogP contribution in [0.5, 0.6) is 0 Å². The maximum atomic E-state index is 15.3. The second-order valence-corrected chi connectivity index (χ2v) is 26.0. The number of amides is 9. The van der Waals surface area contributed by atoms with Crippen molar-refractivity contribution >= 4 is 65.1 Å². The Morgan fingerprint density at radius 1 is 0.303 bits per heavy atom. The van der Waals surface area contributed by atoms with Gasteiger partial charge in [-0.25, -0.2) is 4.79 Å². The van der Waals surface area contributed by atoms with Crippen LogP contribution in [0.15, 0.2) is 182 Å². The number of nitrogens with two attached hydrogens (primary N) is 1. The van der Waals surface area contributed by atoms with Crippen LogP contribution in [0, 0.1) is 17.8 Å². The lowest BCUT2D eigenvalue weighted by molar-refractivity contribution is -0.143. The summed E-state index contributed by atoms with van der Waals surface area (Å²) in [5.74, 6) is -10.3. The van der Waals surface area contributed by atoms with Crippen molar-refractivity contribution in [2.24, 2.45) is 23.5 Å². The minimum absolute atomic E-state index is 0.0125. The van der Waals surface area contributed by atoms with Gasteiger partial charge in [0.25, 0.3) is 0 Å². The van der Waals surface area contributed by atoms with Crippen molar-refractivity contribution in [2.75, 3.05) is 0 Å². The van der Waals surface area contributed by atoms with Gasteiger partial charge in [-0.2, -0.15) is 0 Å². The molecule has 0 aliphatic rings. The number of carbonyl (C=O) groups excluding carboxylic acids is 9. The Balaban J connectivity index is 1.33. The van der Waals surface area contributed by atoms with E-state index in [9.17, 15) is 43.8 Å². The third-order valence-corrected chi connectivity index (χ3v) is 16.4. The van der Waals surface area contributed by atoms with E-state index < -0.39 is 138 Å². The van der Waals surface area contributed by atoms with E-state index in [0.717, 1.165) is 0 Å². The molecular weight excluding hydrogens is 1260 g/mol. The highest BCUT2D eigenvalue weighted by Gasteiger charge is 2.37. The molecule has 0 aromatic heterocycles. The molecule has 6 aromatic rings. The summed E-state index contributed by atoms with van der Waals surface area (Å²) in [6.07, 6.45) is -1.18. The highest BCUT2D eigenvalue weighted by Crippen LogP contribution is 2.16. The Morgan fingerprint density at radius 2 is 0.535 bits per heavy atom. The smallest absolute Gasteiger partial charge is 0.326 e. The van der Waals surface area contributed by atoms with Crippen LogP contribution < -0.4 is 53.6 Å². The molecule has 0 radical (unpaired) electrons. The van der Waals surface area contributed by atoms with Crippen LogP contribution >= 0.6 is 0 Å². The number of carbonyl (C=O) groups is 11. The van der Waals surface area contributed by atoms with Gasteiger partial charge in [0.2, 0.25) is 53.2 Å². The van der Waals surface area contributed by atoms with Gasteiger partial charge in [-0.05, 0) is 70.4 Å². The van der Waals surface area contributed by atoms with Crippen molar-refractivity contribution in [3.63, 3.8) is 0 Å². The number of hydrogen-bond acceptors (Lipinski definition) is 12. The van der Waals surface area contributed by atoms with Gasteiger partial charge in [0, 0.05) is 44.9 Å². The van der Waals surface area contributed by atoms with Crippen LogP contribution in [0.3, 0.4) is 0 Å². The number of hydrogen-bond donors (Lipinski definition) is 12. The Labute approximate surface area is 578 Å². The summed E-state index contributed by atoms with van der Waals surface area (Å²) in [6, 6.07) is 38.9. The zero-order valence-electron chi connectivity index (χ0n) is 56.9. The molecule has 23 heteroatoms. The van der Waals surface area contributed by atoms with Crippen LogP contribution in [0.1, 0.15) is 101 Å². The van der Waals surface area contributed by atoms with Gasteiger partial charge in [0.15, 0.2) is 0 Å². The number of aliphatic carboxylic acids is 2. The van der Waals surface area contributed by atoms with Crippen molar-refractivity contribution in [1.82, 2.24) is 47.9 Å². The highest BCUT2D eigenvalue weighted by molar-refractivity contribution is 5.99. The molecule has 0 bridgehead atoms. The van der Waals surface area contributed by atoms with E-state index in [2.05, 4.69) is 47.9 Å². The summed E-state index contributed by atoms with van der Waals surface area (Å²) < 4.78 is 0. The van der Waals surface area contributed by atoms with Gasteiger partial charge in [-0.3, -0.25) is 47.9 Å². The molecule has 0 saturated heterocycles. The number of nitrogens with one attached hydrogen (secondary N) is 9. The summed E-state index contributed by atoms with van der Waals surface area (Å²) in [5, 5.41) is 44.5.